The maximum absolute atomic E-state index is 12.0. The standard InChI is InChI=1S/C14H15NO/c1-10-8-15(9-11-6-7-11)13-5-3-2-4-12(13)14(10)16/h2-5,8,11H,6-7,9H2,1H3. The van der Waals surface area contributed by atoms with Gasteiger partial charge in [-0.15, -0.1) is 0 Å². The Hall–Kier alpha value is -1.57. The summed E-state index contributed by atoms with van der Waals surface area (Å²) in [4.78, 5) is 12.0. The Morgan fingerprint density at radius 2 is 2.06 bits per heavy atom. The lowest BCUT2D eigenvalue weighted by Crippen LogP contribution is -2.12. The Labute approximate surface area is 94.5 Å². The Bertz CT molecular complexity index is 593. The zero-order valence-electron chi connectivity index (χ0n) is 9.44. The first kappa shape index (κ1) is 9.64. The number of fused-ring (bicyclic) bond motifs is 1. The van der Waals surface area contributed by atoms with Gasteiger partial charge in [0.25, 0.3) is 0 Å². The van der Waals surface area contributed by atoms with Gasteiger partial charge < -0.3 is 4.57 Å². The molecule has 0 unspecified atom stereocenters. The quantitative estimate of drug-likeness (QED) is 0.751. The third-order valence-electron chi connectivity index (χ3n) is 3.32. The first-order valence-electron chi connectivity index (χ1n) is 5.84. The summed E-state index contributed by atoms with van der Waals surface area (Å²) in [5.74, 6) is 0.824. The molecule has 2 aromatic rings. The molecule has 1 aliphatic carbocycles. The average Bonchev–Trinajstić information content (AvgIpc) is 3.10. The van der Waals surface area contributed by atoms with Gasteiger partial charge in [0, 0.05) is 23.7 Å². The van der Waals surface area contributed by atoms with Gasteiger partial charge in [0.1, 0.15) is 0 Å². The first-order valence-corrected chi connectivity index (χ1v) is 5.84. The van der Waals surface area contributed by atoms with E-state index in [4.69, 9.17) is 0 Å². The van der Waals surface area contributed by atoms with Gasteiger partial charge in [0.2, 0.25) is 0 Å². The van der Waals surface area contributed by atoms with Crippen molar-refractivity contribution in [2.75, 3.05) is 0 Å². The van der Waals surface area contributed by atoms with Crippen LogP contribution in [0.2, 0.25) is 0 Å². The summed E-state index contributed by atoms with van der Waals surface area (Å²) in [5.41, 5.74) is 2.09. The zero-order chi connectivity index (χ0) is 11.1. The molecule has 0 radical (unpaired) electrons. The summed E-state index contributed by atoms with van der Waals surface area (Å²) in [6.45, 7) is 2.96. The van der Waals surface area contributed by atoms with E-state index in [-0.39, 0.29) is 5.43 Å². The molecule has 0 bridgehead atoms. The Balaban J connectivity index is 2.26. The summed E-state index contributed by atoms with van der Waals surface area (Å²) in [6, 6.07) is 7.90. The first-order chi connectivity index (χ1) is 7.75. The lowest BCUT2D eigenvalue weighted by atomic mass is 10.1. The topological polar surface area (TPSA) is 22.0 Å². The Morgan fingerprint density at radius 3 is 2.81 bits per heavy atom. The maximum Gasteiger partial charge on any atom is 0.192 e. The predicted molar refractivity (Wildman–Crippen MR) is 65.7 cm³/mol. The third kappa shape index (κ3) is 1.54. The fourth-order valence-electron chi connectivity index (χ4n) is 2.22. The van der Waals surface area contributed by atoms with Gasteiger partial charge >= 0.3 is 0 Å². The van der Waals surface area contributed by atoms with E-state index in [0.717, 1.165) is 28.9 Å². The van der Waals surface area contributed by atoms with Gasteiger partial charge in [-0.3, -0.25) is 4.79 Å². The van der Waals surface area contributed by atoms with Crippen molar-refractivity contribution in [3.05, 3.63) is 46.2 Å². The van der Waals surface area contributed by atoms with E-state index in [1.807, 2.05) is 37.4 Å². The van der Waals surface area contributed by atoms with Crippen LogP contribution in [0.5, 0.6) is 0 Å². The summed E-state index contributed by atoms with van der Waals surface area (Å²) in [5, 5.41) is 0.850. The normalized spacial score (nSPS) is 15.6. The molecule has 2 nitrogen and oxygen atoms in total. The highest BCUT2D eigenvalue weighted by molar-refractivity contribution is 5.79. The fourth-order valence-corrected chi connectivity index (χ4v) is 2.22. The van der Waals surface area contributed by atoms with Crippen molar-refractivity contribution >= 4 is 10.9 Å². The summed E-state index contributed by atoms with van der Waals surface area (Å²) in [6.07, 6.45) is 4.67. The van der Waals surface area contributed by atoms with E-state index in [1.54, 1.807) is 0 Å². The molecule has 16 heavy (non-hydrogen) atoms. The van der Waals surface area contributed by atoms with Gasteiger partial charge in [-0.2, -0.15) is 0 Å². The molecule has 2 heteroatoms. The zero-order valence-corrected chi connectivity index (χ0v) is 9.44. The van der Waals surface area contributed by atoms with Gasteiger partial charge in [-0.05, 0) is 37.8 Å². The molecule has 1 aliphatic rings. The molecular weight excluding hydrogens is 198 g/mol. The van der Waals surface area contributed by atoms with Gasteiger partial charge in [0.05, 0.1) is 5.52 Å². The van der Waals surface area contributed by atoms with Crippen molar-refractivity contribution in [1.82, 2.24) is 4.57 Å². The van der Waals surface area contributed by atoms with Crippen LogP contribution in [0, 0.1) is 12.8 Å². The SMILES string of the molecule is Cc1cn(CC2CC2)c2ccccc2c1=O. The molecular formula is C14H15NO. The van der Waals surface area contributed by atoms with E-state index >= 15 is 0 Å². The van der Waals surface area contributed by atoms with Crippen LogP contribution in [0.1, 0.15) is 18.4 Å². The van der Waals surface area contributed by atoms with Gasteiger partial charge in [0.15, 0.2) is 5.43 Å². The fraction of sp³-hybridized carbons (Fsp3) is 0.357. The average molecular weight is 213 g/mol. The monoisotopic (exact) mass is 213 g/mol. The Morgan fingerprint density at radius 1 is 1.31 bits per heavy atom. The molecule has 0 amide bonds. The second-order valence-corrected chi connectivity index (χ2v) is 4.75. The van der Waals surface area contributed by atoms with Crippen LogP contribution >= 0.6 is 0 Å². The second kappa shape index (κ2) is 3.48. The minimum absolute atomic E-state index is 0.169. The lowest BCUT2D eigenvalue weighted by Gasteiger charge is -2.11. The number of para-hydroxylation sites is 1. The van der Waals surface area contributed by atoms with Crippen molar-refractivity contribution < 1.29 is 0 Å². The number of pyridine rings is 1. The van der Waals surface area contributed by atoms with Crippen LogP contribution in [0.15, 0.2) is 35.3 Å². The van der Waals surface area contributed by atoms with Crippen LogP contribution < -0.4 is 5.43 Å². The van der Waals surface area contributed by atoms with Gasteiger partial charge in [-0.1, -0.05) is 12.1 Å². The smallest absolute Gasteiger partial charge is 0.192 e. The largest absolute Gasteiger partial charge is 0.347 e. The molecule has 0 N–H and O–H groups in total. The molecule has 1 fully saturated rings. The van der Waals surface area contributed by atoms with Crippen LogP contribution in [0.25, 0.3) is 10.9 Å². The highest BCUT2D eigenvalue weighted by Gasteiger charge is 2.22. The lowest BCUT2D eigenvalue weighted by molar-refractivity contribution is 0.640. The van der Waals surface area contributed by atoms with Crippen LogP contribution in [-0.2, 0) is 6.54 Å². The van der Waals surface area contributed by atoms with Crippen LogP contribution in [0.4, 0.5) is 0 Å². The third-order valence-corrected chi connectivity index (χ3v) is 3.32. The van der Waals surface area contributed by atoms with E-state index in [0.29, 0.717) is 0 Å². The number of aryl methyl sites for hydroxylation is 1. The molecule has 1 aromatic heterocycles. The predicted octanol–water partition coefficient (Wildman–Crippen LogP) is 2.72. The van der Waals surface area contributed by atoms with Crippen molar-refractivity contribution in [3.8, 4) is 0 Å². The summed E-state index contributed by atoms with van der Waals surface area (Å²) >= 11 is 0. The number of rotatable bonds is 2. The van der Waals surface area contributed by atoms with Gasteiger partial charge in [-0.25, -0.2) is 0 Å². The maximum atomic E-state index is 12.0. The van der Waals surface area contributed by atoms with E-state index < -0.39 is 0 Å². The number of aromatic nitrogens is 1. The second-order valence-electron chi connectivity index (χ2n) is 4.75. The molecule has 82 valence electrons. The van der Waals surface area contributed by atoms with E-state index in [2.05, 4.69) is 4.57 Å². The molecule has 3 rings (SSSR count). The molecule has 1 heterocycles. The molecule has 0 atom stereocenters. The number of nitrogens with zero attached hydrogens (tertiary/aromatic N) is 1. The summed E-state index contributed by atoms with van der Waals surface area (Å²) < 4.78 is 2.24. The summed E-state index contributed by atoms with van der Waals surface area (Å²) in [7, 11) is 0. The highest BCUT2D eigenvalue weighted by atomic mass is 16.1. The highest BCUT2D eigenvalue weighted by Crippen LogP contribution is 2.31. The molecule has 1 aromatic carbocycles. The molecule has 1 saturated carbocycles. The minimum Gasteiger partial charge on any atom is -0.347 e. The van der Waals surface area contributed by atoms with E-state index in [1.165, 1.54) is 12.8 Å². The van der Waals surface area contributed by atoms with Crippen molar-refractivity contribution in [3.63, 3.8) is 0 Å². The Kier molecular flexibility index (Phi) is 2.10. The van der Waals surface area contributed by atoms with E-state index in [9.17, 15) is 4.79 Å². The molecule has 0 aliphatic heterocycles. The van der Waals surface area contributed by atoms with Crippen LogP contribution in [0.3, 0.4) is 0 Å². The van der Waals surface area contributed by atoms with Crippen molar-refractivity contribution in [2.45, 2.75) is 26.3 Å². The minimum atomic E-state index is 0.169. The van der Waals surface area contributed by atoms with Crippen LogP contribution in [-0.4, -0.2) is 4.57 Å². The number of benzene rings is 1. The van der Waals surface area contributed by atoms with Crippen molar-refractivity contribution in [1.29, 1.82) is 0 Å². The molecule has 0 spiro atoms. The number of hydrogen-bond donors (Lipinski definition) is 0. The molecule has 0 saturated heterocycles. The number of hydrogen-bond acceptors (Lipinski definition) is 1. The van der Waals surface area contributed by atoms with Crippen molar-refractivity contribution in [2.24, 2.45) is 5.92 Å².